The van der Waals surface area contributed by atoms with Gasteiger partial charge in [-0.25, -0.2) is 4.39 Å². The lowest BCUT2D eigenvalue weighted by molar-refractivity contribution is -0.117. The van der Waals surface area contributed by atoms with Gasteiger partial charge < -0.3 is 10.1 Å². The number of rotatable bonds is 6. The van der Waals surface area contributed by atoms with Crippen LogP contribution < -0.4 is 10.1 Å². The number of halogens is 2. The summed E-state index contributed by atoms with van der Waals surface area (Å²) in [5, 5.41) is 2.89. The highest BCUT2D eigenvalue weighted by Gasteiger charge is 2.12. The lowest BCUT2D eigenvalue weighted by atomic mass is 10.2. The van der Waals surface area contributed by atoms with Crippen molar-refractivity contribution in [2.45, 2.75) is 13.5 Å². The molecule has 1 amide bonds. The molecule has 0 heterocycles. The highest BCUT2D eigenvalue weighted by Crippen LogP contribution is 2.21. The maximum Gasteiger partial charge on any atom is 0.238 e. The summed E-state index contributed by atoms with van der Waals surface area (Å²) in [7, 11) is 3.35. The Hall–Kier alpha value is -1.92. The SMILES string of the molecule is COc1ccc(F)cc1CN(C)CC(=O)Nc1ccc(Br)cc1C. The monoisotopic (exact) mass is 394 g/mol. The first-order valence-corrected chi connectivity index (χ1v) is 8.25. The molecule has 0 aliphatic heterocycles. The fourth-order valence-corrected chi connectivity index (χ4v) is 2.90. The van der Waals surface area contributed by atoms with E-state index in [2.05, 4.69) is 21.2 Å². The average Bonchev–Trinajstić information content (AvgIpc) is 2.50. The molecular weight excluding hydrogens is 375 g/mol. The highest BCUT2D eigenvalue weighted by atomic mass is 79.9. The molecule has 128 valence electrons. The third-order valence-electron chi connectivity index (χ3n) is 3.56. The van der Waals surface area contributed by atoms with E-state index in [1.54, 1.807) is 25.1 Å². The molecule has 2 rings (SSSR count). The van der Waals surface area contributed by atoms with Crippen molar-refractivity contribution in [1.29, 1.82) is 0 Å². The average molecular weight is 395 g/mol. The molecule has 2 aromatic rings. The van der Waals surface area contributed by atoms with Crippen molar-refractivity contribution in [3.63, 3.8) is 0 Å². The van der Waals surface area contributed by atoms with E-state index in [0.29, 0.717) is 17.9 Å². The van der Waals surface area contributed by atoms with E-state index in [4.69, 9.17) is 4.74 Å². The van der Waals surface area contributed by atoms with E-state index in [1.807, 2.05) is 25.1 Å². The molecule has 4 nitrogen and oxygen atoms in total. The van der Waals surface area contributed by atoms with Crippen molar-refractivity contribution in [3.05, 3.63) is 57.8 Å². The lowest BCUT2D eigenvalue weighted by Crippen LogP contribution is -2.30. The molecule has 0 bridgehead atoms. The molecule has 0 aromatic heterocycles. The Bertz CT molecular complexity index is 737. The van der Waals surface area contributed by atoms with Crippen molar-refractivity contribution in [1.82, 2.24) is 4.90 Å². The number of amides is 1. The van der Waals surface area contributed by atoms with E-state index < -0.39 is 0 Å². The summed E-state index contributed by atoms with van der Waals surface area (Å²) in [5.74, 6) is 0.153. The molecule has 0 saturated heterocycles. The van der Waals surface area contributed by atoms with Crippen LogP contribution in [0.15, 0.2) is 40.9 Å². The summed E-state index contributed by atoms with van der Waals surface area (Å²) in [5.41, 5.74) is 2.46. The summed E-state index contributed by atoms with van der Waals surface area (Å²) >= 11 is 3.40. The number of likely N-dealkylation sites (N-methyl/N-ethyl adjacent to an activating group) is 1. The normalized spacial score (nSPS) is 10.8. The molecule has 24 heavy (non-hydrogen) atoms. The van der Waals surface area contributed by atoms with Crippen molar-refractivity contribution in [3.8, 4) is 5.75 Å². The Balaban J connectivity index is 1.98. The van der Waals surface area contributed by atoms with Gasteiger partial charge in [0.25, 0.3) is 0 Å². The van der Waals surface area contributed by atoms with Gasteiger partial charge in [-0.1, -0.05) is 15.9 Å². The topological polar surface area (TPSA) is 41.6 Å². The number of carbonyl (C=O) groups is 1. The highest BCUT2D eigenvalue weighted by molar-refractivity contribution is 9.10. The van der Waals surface area contributed by atoms with Crippen LogP contribution in [-0.4, -0.2) is 31.5 Å². The zero-order valence-corrected chi connectivity index (χ0v) is 15.5. The molecule has 0 atom stereocenters. The van der Waals surface area contributed by atoms with E-state index in [9.17, 15) is 9.18 Å². The summed E-state index contributed by atoms with van der Waals surface area (Å²) in [6.07, 6.45) is 0. The Morgan fingerprint density at radius 1 is 1.29 bits per heavy atom. The predicted octanol–water partition coefficient (Wildman–Crippen LogP) is 3.98. The van der Waals surface area contributed by atoms with Gasteiger partial charge in [-0.15, -0.1) is 0 Å². The van der Waals surface area contributed by atoms with Gasteiger partial charge >= 0.3 is 0 Å². The number of nitrogens with zero attached hydrogens (tertiary/aromatic N) is 1. The molecule has 0 aliphatic rings. The first-order chi connectivity index (χ1) is 11.4. The number of ether oxygens (including phenoxy) is 1. The van der Waals surface area contributed by atoms with Gasteiger partial charge in [0.2, 0.25) is 5.91 Å². The molecule has 6 heteroatoms. The Morgan fingerprint density at radius 2 is 2.04 bits per heavy atom. The number of anilines is 1. The van der Waals surface area contributed by atoms with E-state index in [-0.39, 0.29) is 18.3 Å². The second kappa shape index (κ2) is 8.26. The second-order valence-electron chi connectivity index (χ2n) is 5.64. The molecule has 2 aromatic carbocycles. The fraction of sp³-hybridized carbons (Fsp3) is 0.278. The minimum Gasteiger partial charge on any atom is -0.496 e. The van der Waals surface area contributed by atoms with Crippen LogP contribution in [0.5, 0.6) is 5.75 Å². The van der Waals surface area contributed by atoms with Crippen molar-refractivity contribution < 1.29 is 13.9 Å². The standard InChI is InChI=1S/C18H20BrFN2O2/c1-12-8-14(19)4-6-16(12)21-18(23)11-22(2)10-13-9-15(20)5-7-17(13)24-3/h4-9H,10-11H2,1-3H3,(H,21,23). The zero-order valence-electron chi connectivity index (χ0n) is 13.9. The molecule has 0 radical (unpaired) electrons. The molecule has 0 aliphatic carbocycles. The molecule has 0 spiro atoms. The van der Waals surface area contributed by atoms with Crippen molar-refractivity contribution >= 4 is 27.5 Å². The lowest BCUT2D eigenvalue weighted by Gasteiger charge is -2.18. The molecule has 0 fully saturated rings. The summed E-state index contributed by atoms with van der Waals surface area (Å²) in [6.45, 7) is 2.53. The van der Waals surface area contributed by atoms with Gasteiger partial charge in [-0.2, -0.15) is 0 Å². The number of hydrogen-bond acceptors (Lipinski definition) is 3. The molecule has 0 unspecified atom stereocenters. The van der Waals surface area contributed by atoms with Crippen LogP contribution in [0.3, 0.4) is 0 Å². The number of nitrogens with one attached hydrogen (secondary N) is 1. The second-order valence-corrected chi connectivity index (χ2v) is 6.55. The minimum absolute atomic E-state index is 0.127. The van der Waals surface area contributed by atoms with Gasteiger partial charge in [-0.05, 0) is 55.9 Å². The predicted molar refractivity (Wildman–Crippen MR) is 96.8 cm³/mol. The number of aryl methyl sites for hydroxylation is 1. The largest absolute Gasteiger partial charge is 0.496 e. The first-order valence-electron chi connectivity index (χ1n) is 7.46. The van der Waals surface area contributed by atoms with E-state index in [1.165, 1.54) is 12.1 Å². The zero-order chi connectivity index (χ0) is 17.7. The first kappa shape index (κ1) is 18.4. The van der Waals surface area contributed by atoms with Crippen LogP contribution in [-0.2, 0) is 11.3 Å². The molecule has 0 saturated carbocycles. The Morgan fingerprint density at radius 3 is 2.71 bits per heavy atom. The van der Waals surface area contributed by atoms with Gasteiger partial charge in [-0.3, -0.25) is 9.69 Å². The Kier molecular flexibility index (Phi) is 6.34. The number of benzene rings is 2. The van der Waals surface area contributed by atoms with Gasteiger partial charge in [0.15, 0.2) is 0 Å². The van der Waals surface area contributed by atoms with Crippen LogP contribution >= 0.6 is 15.9 Å². The van der Waals surface area contributed by atoms with Crippen LogP contribution in [0.4, 0.5) is 10.1 Å². The third-order valence-corrected chi connectivity index (χ3v) is 4.05. The maximum absolute atomic E-state index is 13.4. The number of hydrogen-bond donors (Lipinski definition) is 1. The number of methoxy groups -OCH3 is 1. The fourth-order valence-electron chi connectivity index (χ4n) is 2.42. The van der Waals surface area contributed by atoms with Gasteiger partial charge in [0.1, 0.15) is 11.6 Å². The summed E-state index contributed by atoms with van der Waals surface area (Å²) in [4.78, 5) is 14.0. The molecular formula is C18H20BrFN2O2. The van der Waals surface area contributed by atoms with Crippen LogP contribution in [0.25, 0.3) is 0 Å². The van der Waals surface area contributed by atoms with Crippen molar-refractivity contribution in [2.75, 3.05) is 26.0 Å². The van der Waals surface area contributed by atoms with Crippen LogP contribution in [0.1, 0.15) is 11.1 Å². The quantitative estimate of drug-likeness (QED) is 0.805. The maximum atomic E-state index is 13.4. The van der Waals surface area contributed by atoms with Crippen LogP contribution in [0.2, 0.25) is 0 Å². The van der Waals surface area contributed by atoms with E-state index in [0.717, 1.165) is 15.7 Å². The summed E-state index contributed by atoms with van der Waals surface area (Å²) in [6, 6.07) is 10.0. The van der Waals surface area contributed by atoms with Crippen molar-refractivity contribution in [2.24, 2.45) is 0 Å². The van der Waals surface area contributed by atoms with E-state index >= 15 is 0 Å². The molecule has 1 N–H and O–H groups in total. The van der Waals surface area contributed by atoms with Gasteiger partial charge in [0, 0.05) is 22.3 Å². The Labute approximate surface area is 149 Å². The third kappa shape index (κ3) is 5.04. The van der Waals surface area contributed by atoms with Crippen LogP contribution in [0, 0.1) is 12.7 Å². The minimum atomic E-state index is -0.325. The van der Waals surface area contributed by atoms with Gasteiger partial charge in [0.05, 0.1) is 13.7 Å². The smallest absolute Gasteiger partial charge is 0.238 e. The number of carbonyl (C=O) groups excluding carboxylic acids is 1. The summed E-state index contributed by atoms with van der Waals surface area (Å²) < 4.78 is 19.6.